The third kappa shape index (κ3) is 2.52. The van der Waals surface area contributed by atoms with Gasteiger partial charge in [-0.15, -0.1) is 0 Å². The van der Waals surface area contributed by atoms with Crippen molar-refractivity contribution in [3.05, 3.63) is 10.7 Å². The highest BCUT2D eigenvalue weighted by Crippen LogP contribution is 2.28. The molecule has 0 amide bonds. The lowest BCUT2D eigenvalue weighted by atomic mass is 10.3. The van der Waals surface area contributed by atoms with Gasteiger partial charge in [0.25, 0.3) is 0 Å². The molecule has 2 fully saturated rings. The Hall–Kier alpha value is -0.880. The Morgan fingerprint density at radius 2 is 1.88 bits per heavy atom. The minimum Gasteiger partial charge on any atom is -0.383 e. The predicted molar refractivity (Wildman–Crippen MR) is 71.0 cm³/mol. The molecule has 1 aromatic heterocycles. The maximum absolute atomic E-state index is 5.73. The third-order valence-electron chi connectivity index (χ3n) is 3.36. The molecule has 1 aliphatic heterocycles. The number of aromatic nitrogens is 2. The van der Waals surface area contributed by atoms with Crippen LogP contribution in [0.15, 0.2) is 10.7 Å². The SMILES string of the molecule is Nc1cc(Br)nc(N2CCN(C3CC3)CC2)n1. The van der Waals surface area contributed by atoms with Crippen LogP contribution in [0.1, 0.15) is 12.8 Å². The number of halogens is 1. The standard InChI is InChI=1S/C11H16BrN5/c12-9-7-10(13)15-11(14-9)17-5-3-16(4-6-17)8-1-2-8/h7-8H,1-6H2,(H2,13,14,15). The maximum Gasteiger partial charge on any atom is 0.228 e. The average Bonchev–Trinajstić information content (AvgIpc) is 3.12. The molecule has 0 spiro atoms. The number of rotatable bonds is 2. The van der Waals surface area contributed by atoms with Gasteiger partial charge in [-0.25, -0.2) is 4.98 Å². The van der Waals surface area contributed by atoms with Gasteiger partial charge in [-0.1, -0.05) is 0 Å². The van der Waals surface area contributed by atoms with E-state index in [1.807, 2.05) is 0 Å². The summed E-state index contributed by atoms with van der Waals surface area (Å²) < 4.78 is 0.754. The van der Waals surface area contributed by atoms with E-state index in [2.05, 4.69) is 35.7 Å². The summed E-state index contributed by atoms with van der Waals surface area (Å²) in [6.45, 7) is 4.21. The Balaban J connectivity index is 1.68. The Morgan fingerprint density at radius 1 is 1.18 bits per heavy atom. The number of piperazine rings is 1. The van der Waals surface area contributed by atoms with Crippen LogP contribution in [-0.4, -0.2) is 47.1 Å². The zero-order valence-electron chi connectivity index (χ0n) is 9.64. The lowest BCUT2D eigenvalue weighted by molar-refractivity contribution is 0.247. The van der Waals surface area contributed by atoms with Crippen molar-refractivity contribution < 1.29 is 0 Å². The van der Waals surface area contributed by atoms with Crippen molar-refractivity contribution in [3.8, 4) is 0 Å². The monoisotopic (exact) mass is 297 g/mol. The van der Waals surface area contributed by atoms with Crippen LogP contribution < -0.4 is 10.6 Å². The molecule has 1 saturated heterocycles. The van der Waals surface area contributed by atoms with Gasteiger partial charge in [-0.3, -0.25) is 4.90 Å². The average molecular weight is 298 g/mol. The molecule has 3 rings (SSSR count). The van der Waals surface area contributed by atoms with Crippen LogP contribution in [0.5, 0.6) is 0 Å². The van der Waals surface area contributed by atoms with Crippen molar-refractivity contribution in [2.45, 2.75) is 18.9 Å². The minimum absolute atomic E-state index is 0.520. The maximum atomic E-state index is 5.73. The molecular weight excluding hydrogens is 282 g/mol. The fourth-order valence-corrected chi connectivity index (χ4v) is 2.68. The summed E-state index contributed by atoms with van der Waals surface area (Å²) in [5, 5.41) is 0. The van der Waals surface area contributed by atoms with Crippen LogP contribution in [0.25, 0.3) is 0 Å². The lowest BCUT2D eigenvalue weighted by Gasteiger charge is -2.34. The van der Waals surface area contributed by atoms with Gasteiger partial charge in [-0.2, -0.15) is 4.98 Å². The van der Waals surface area contributed by atoms with E-state index in [1.165, 1.54) is 12.8 Å². The Kier molecular flexibility index (Phi) is 2.92. The van der Waals surface area contributed by atoms with E-state index in [0.717, 1.165) is 42.8 Å². The minimum atomic E-state index is 0.520. The largest absolute Gasteiger partial charge is 0.383 e. The number of hydrogen-bond donors (Lipinski definition) is 1. The van der Waals surface area contributed by atoms with Crippen LogP contribution in [0.2, 0.25) is 0 Å². The van der Waals surface area contributed by atoms with Gasteiger partial charge in [-0.05, 0) is 28.8 Å². The van der Waals surface area contributed by atoms with Crippen molar-refractivity contribution in [1.29, 1.82) is 0 Å². The molecule has 0 unspecified atom stereocenters. The second kappa shape index (κ2) is 4.42. The van der Waals surface area contributed by atoms with E-state index in [4.69, 9.17) is 5.73 Å². The van der Waals surface area contributed by atoms with E-state index < -0.39 is 0 Å². The first-order valence-electron chi connectivity index (χ1n) is 6.01. The second-order valence-corrected chi connectivity index (χ2v) is 5.48. The topological polar surface area (TPSA) is 58.3 Å². The normalized spacial score (nSPS) is 21.8. The first-order valence-corrected chi connectivity index (χ1v) is 6.81. The first kappa shape index (κ1) is 11.2. The molecule has 2 aliphatic rings. The molecule has 17 heavy (non-hydrogen) atoms. The van der Waals surface area contributed by atoms with Gasteiger partial charge in [0.05, 0.1) is 0 Å². The molecule has 2 heterocycles. The van der Waals surface area contributed by atoms with Gasteiger partial charge < -0.3 is 10.6 Å². The number of nitrogens with zero attached hydrogens (tertiary/aromatic N) is 4. The van der Waals surface area contributed by atoms with Crippen LogP contribution in [0.3, 0.4) is 0 Å². The molecule has 0 aromatic carbocycles. The molecule has 0 radical (unpaired) electrons. The molecule has 92 valence electrons. The van der Waals surface area contributed by atoms with Gasteiger partial charge in [0, 0.05) is 38.3 Å². The van der Waals surface area contributed by atoms with Gasteiger partial charge in [0.2, 0.25) is 5.95 Å². The molecule has 1 aliphatic carbocycles. The van der Waals surface area contributed by atoms with E-state index in [9.17, 15) is 0 Å². The van der Waals surface area contributed by atoms with Crippen molar-refractivity contribution in [3.63, 3.8) is 0 Å². The molecule has 1 saturated carbocycles. The molecule has 5 nitrogen and oxygen atoms in total. The molecule has 6 heteroatoms. The van der Waals surface area contributed by atoms with Crippen molar-refractivity contribution in [2.24, 2.45) is 0 Å². The van der Waals surface area contributed by atoms with Crippen LogP contribution in [-0.2, 0) is 0 Å². The summed E-state index contributed by atoms with van der Waals surface area (Å²) >= 11 is 3.36. The molecule has 0 atom stereocenters. The fourth-order valence-electron chi connectivity index (χ4n) is 2.29. The summed E-state index contributed by atoms with van der Waals surface area (Å²) in [7, 11) is 0. The Morgan fingerprint density at radius 3 is 2.47 bits per heavy atom. The smallest absolute Gasteiger partial charge is 0.228 e. The Bertz CT molecular complexity index is 392. The fraction of sp³-hybridized carbons (Fsp3) is 0.636. The van der Waals surface area contributed by atoms with E-state index >= 15 is 0 Å². The second-order valence-electron chi connectivity index (χ2n) is 4.67. The zero-order valence-corrected chi connectivity index (χ0v) is 11.2. The Labute approximate surface area is 109 Å². The zero-order chi connectivity index (χ0) is 11.8. The summed E-state index contributed by atoms with van der Waals surface area (Å²) in [5.74, 6) is 1.26. The van der Waals surface area contributed by atoms with E-state index in [0.29, 0.717) is 5.82 Å². The van der Waals surface area contributed by atoms with Gasteiger partial charge in [0.1, 0.15) is 10.4 Å². The number of nitrogen functional groups attached to an aromatic ring is 1. The van der Waals surface area contributed by atoms with Crippen molar-refractivity contribution in [1.82, 2.24) is 14.9 Å². The third-order valence-corrected chi connectivity index (χ3v) is 3.77. The molecule has 1 aromatic rings. The first-order chi connectivity index (χ1) is 8.22. The summed E-state index contributed by atoms with van der Waals surface area (Å²) in [6.07, 6.45) is 2.75. The van der Waals surface area contributed by atoms with E-state index in [1.54, 1.807) is 6.07 Å². The summed E-state index contributed by atoms with van der Waals surface area (Å²) in [4.78, 5) is 13.4. The number of hydrogen-bond acceptors (Lipinski definition) is 5. The summed E-state index contributed by atoms with van der Waals surface area (Å²) in [6, 6.07) is 2.58. The van der Waals surface area contributed by atoms with Crippen LogP contribution in [0.4, 0.5) is 11.8 Å². The molecular formula is C11H16BrN5. The highest BCUT2D eigenvalue weighted by Gasteiger charge is 2.31. The number of anilines is 2. The van der Waals surface area contributed by atoms with Gasteiger partial charge in [0.15, 0.2) is 0 Å². The summed E-state index contributed by atoms with van der Waals surface area (Å²) in [5.41, 5.74) is 5.73. The van der Waals surface area contributed by atoms with Crippen molar-refractivity contribution in [2.75, 3.05) is 36.8 Å². The lowest BCUT2D eigenvalue weighted by Crippen LogP contribution is -2.47. The van der Waals surface area contributed by atoms with Crippen molar-refractivity contribution >= 4 is 27.7 Å². The van der Waals surface area contributed by atoms with Gasteiger partial charge >= 0.3 is 0 Å². The van der Waals surface area contributed by atoms with Crippen LogP contribution in [0, 0.1) is 0 Å². The quantitative estimate of drug-likeness (QED) is 0.829. The van der Waals surface area contributed by atoms with E-state index in [-0.39, 0.29) is 0 Å². The van der Waals surface area contributed by atoms with Crippen LogP contribution >= 0.6 is 15.9 Å². The highest BCUT2D eigenvalue weighted by molar-refractivity contribution is 9.10. The molecule has 2 N–H and O–H groups in total. The highest BCUT2D eigenvalue weighted by atomic mass is 79.9. The molecule has 0 bridgehead atoms. The predicted octanol–water partition coefficient (Wildman–Crippen LogP) is 1.11. The number of nitrogens with two attached hydrogens (primary N) is 1.